The highest BCUT2D eigenvalue weighted by molar-refractivity contribution is 5.85. The molecule has 2 rings (SSSR count). The largest absolute Gasteiger partial charge is 0.384 e. The molecule has 15 heavy (non-hydrogen) atoms. The van der Waals surface area contributed by atoms with Crippen LogP contribution in [-0.4, -0.2) is 9.78 Å². The molecular weight excluding hydrogens is 210 g/mol. The number of nitrogens with two attached hydrogens (primary N) is 1. The van der Waals surface area contributed by atoms with E-state index in [0.29, 0.717) is 5.82 Å². The minimum Gasteiger partial charge on any atom is -0.384 e. The monoisotopic (exact) mass is 223 g/mol. The fourth-order valence-corrected chi connectivity index (χ4v) is 1.45. The Bertz CT molecular complexity index is 423. The van der Waals surface area contributed by atoms with Crippen LogP contribution in [0.25, 0.3) is 0 Å². The zero-order valence-electron chi connectivity index (χ0n) is 8.55. The molecule has 3 nitrogen and oxygen atoms in total. The summed E-state index contributed by atoms with van der Waals surface area (Å²) in [6, 6.07) is 12.0. The number of anilines is 1. The molecule has 0 aliphatic carbocycles. The molecule has 4 heteroatoms. The Morgan fingerprint density at radius 2 is 1.93 bits per heavy atom. The van der Waals surface area contributed by atoms with Crippen molar-refractivity contribution in [3.63, 3.8) is 0 Å². The molecule has 2 N–H and O–H groups in total. The van der Waals surface area contributed by atoms with Crippen molar-refractivity contribution >= 4 is 18.2 Å². The third kappa shape index (κ3) is 2.73. The predicted molar refractivity (Wildman–Crippen MR) is 64.2 cm³/mol. The van der Waals surface area contributed by atoms with Crippen LogP contribution in [0.1, 0.15) is 11.3 Å². The van der Waals surface area contributed by atoms with Crippen LogP contribution in [0.15, 0.2) is 36.4 Å². The van der Waals surface area contributed by atoms with Crippen LogP contribution >= 0.6 is 12.4 Å². The standard InChI is InChI=1S/C11H13N3.ClH/c1-9-7-11(12)14(13-9)8-10-5-3-2-4-6-10;/h2-7H,8,12H2,1H3;1H. The van der Waals surface area contributed by atoms with E-state index >= 15 is 0 Å². The summed E-state index contributed by atoms with van der Waals surface area (Å²) in [6.45, 7) is 2.68. The number of nitrogen functional groups attached to an aromatic ring is 1. The van der Waals surface area contributed by atoms with Crippen molar-refractivity contribution in [2.75, 3.05) is 5.73 Å². The molecule has 1 aromatic heterocycles. The van der Waals surface area contributed by atoms with E-state index in [1.54, 1.807) is 0 Å². The van der Waals surface area contributed by atoms with Gasteiger partial charge in [0.2, 0.25) is 0 Å². The van der Waals surface area contributed by atoms with Gasteiger partial charge in [0, 0.05) is 6.07 Å². The average molecular weight is 224 g/mol. The lowest BCUT2D eigenvalue weighted by atomic mass is 10.2. The summed E-state index contributed by atoms with van der Waals surface area (Å²) in [5, 5.41) is 4.30. The average Bonchev–Trinajstić information content (AvgIpc) is 2.47. The molecule has 0 saturated heterocycles. The molecule has 2 aromatic rings. The molecule has 0 saturated carbocycles. The summed E-state index contributed by atoms with van der Waals surface area (Å²) < 4.78 is 1.81. The first-order chi connectivity index (χ1) is 6.75. The molecule has 0 amide bonds. The number of benzene rings is 1. The second kappa shape index (κ2) is 4.84. The Kier molecular flexibility index (Phi) is 3.74. The van der Waals surface area contributed by atoms with Crippen molar-refractivity contribution in [1.82, 2.24) is 9.78 Å². The highest BCUT2D eigenvalue weighted by Crippen LogP contribution is 2.08. The normalized spacial score (nSPS) is 9.67. The summed E-state index contributed by atoms with van der Waals surface area (Å²) in [7, 11) is 0. The third-order valence-electron chi connectivity index (χ3n) is 2.11. The van der Waals surface area contributed by atoms with Gasteiger partial charge in [-0.15, -0.1) is 12.4 Å². The first-order valence-corrected chi connectivity index (χ1v) is 4.59. The van der Waals surface area contributed by atoms with Crippen molar-refractivity contribution in [3.8, 4) is 0 Å². The zero-order chi connectivity index (χ0) is 9.97. The fourth-order valence-electron chi connectivity index (χ4n) is 1.45. The van der Waals surface area contributed by atoms with Crippen LogP contribution in [0, 0.1) is 6.92 Å². The summed E-state index contributed by atoms with van der Waals surface area (Å²) in [5.74, 6) is 0.714. The molecule has 1 heterocycles. The minimum absolute atomic E-state index is 0. The molecule has 0 aliphatic heterocycles. The number of nitrogens with zero attached hydrogens (tertiary/aromatic N) is 2. The number of halogens is 1. The Labute approximate surface area is 95.3 Å². The lowest BCUT2D eigenvalue weighted by Crippen LogP contribution is -2.05. The van der Waals surface area contributed by atoms with E-state index in [9.17, 15) is 0 Å². The van der Waals surface area contributed by atoms with Crippen LogP contribution < -0.4 is 5.73 Å². The Balaban J connectivity index is 0.00000112. The number of rotatable bonds is 2. The van der Waals surface area contributed by atoms with Gasteiger partial charge in [0.25, 0.3) is 0 Å². The molecule has 0 radical (unpaired) electrons. The highest BCUT2D eigenvalue weighted by atomic mass is 35.5. The van der Waals surface area contributed by atoms with Crippen molar-refractivity contribution in [3.05, 3.63) is 47.7 Å². The number of aryl methyl sites for hydroxylation is 1. The summed E-state index contributed by atoms with van der Waals surface area (Å²) in [5.41, 5.74) is 7.96. The van der Waals surface area contributed by atoms with Gasteiger partial charge < -0.3 is 5.73 Å². The van der Waals surface area contributed by atoms with E-state index < -0.39 is 0 Å². The number of aromatic nitrogens is 2. The SMILES string of the molecule is Cc1cc(N)n(Cc2ccccc2)n1.Cl. The van der Waals surface area contributed by atoms with Gasteiger partial charge in [-0.3, -0.25) is 0 Å². The van der Waals surface area contributed by atoms with E-state index in [1.807, 2.05) is 35.9 Å². The van der Waals surface area contributed by atoms with Gasteiger partial charge in [-0.1, -0.05) is 30.3 Å². The lowest BCUT2D eigenvalue weighted by molar-refractivity contribution is 0.689. The van der Waals surface area contributed by atoms with E-state index in [0.717, 1.165) is 12.2 Å². The van der Waals surface area contributed by atoms with Crippen molar-refractivity contribution < 1.29 is 0 Å². The predicted octanol–water partition coefficient (Wildman–Crippen LogP) is 2.24. The molecule has 0 spiro atoms. The van der Waals surface area contributed by atoms with Gasteiger partial charge >= 0.3 is 0 Å². The third-order valence-corrected chi connectivity index (χ3v) is 2.11. The van der Waals surface area contributed by atoms with Crippen molar-refractivity contribution in [2.45, 2.75) is 13.5 Å². The van der Waals surface area contributed by atoms with Crippen molar-refractivity contribution in [1.29, 1.82) is 0 Å². The molecule has 80 valence electrons. The van der Waals surface area contributed by atoms with Gasteiger partial charge in [0.05, 0.1) is 12.2 Å². The van der Waals surface area contributed by atoms with E-state index in [1.165, 1.54) is 5.56 Å². The van der Waals surface area contributed by atoms with Crippen LogP contribution in [0.5, 0.6) is 0 Å². The summed E-state index contributed by atoms with van der Waals surface area (Å²) >= 11 is 0. The van der Waals surface area contributed by atoms with Crippen LogP contribution in [-0.2, 0) is 6.54 Å². The van der Waals surface area contributed by atoms with E-state index in [-0.39, 0.29) is 12.4 Å². The Morgan fingerprint density at radius 3 is 2.47 bits per heavy atom. The van der Waals surface area contributed by atoms with E-state index in [4.69, 9.17) is 5.73 Å². The van der Waals surface area contributed by atoms with E-state index in [2.05, 4.69) is 17.2 Å². The maximum Gasteiger partial charge on any atom is 0.122 e. The topological polar surface area (TPSA) is 43.8 Å². The maximum absolute atomic E-state index is 5.79. The fraction of sp³-hybridized carbons (Fsp3) is 0.182. The quantitative estimate of drug-likeness (QED) is 0.849. The molecule has 0 atom stereocenters. The molecular formula is C11H14ClN3. The number of hydrogen-bond donors (Lipinski definition) is 1. The maximum atomic E-state index is 5.79. The first-order valence-electron chi connectivity index (χ1n) is 4.59. The van der Waals surface area contributed by atoms with Crippen LogP contribution in [0.2, 0.25) is 0 Å². The molecule has 0 fully saturated rings. The van der Waals surface area contributed by atoms with Crippen LogP contribution in [0.3, 0.4) is 0 Å². The molecule has 0 aliphatic rings. The Morgan fingerprint density at radius 1 is 1.27 bits per heavy atom. The van der Waals surface area contributed by atoms with Gasteiger partial charge in [0.1, 0.15) is 5.82 Å². The second-order valence-electron chi connectivity index (χ2n) is 3.35. The first kappa shape index (κ1) is 11.6. The van der Waals surface area contributed by atoms with Crippen LogP contribution in [0.4, 0.5) is 5.82 Å². The van der Waals surface area contributed by atoms with Gasteiger partial charge in [-0.2, -0.15) is 5.10 Å². The molecule has 0 bridgehead atoms. The van der Waals surface area contributed by atoms with Gasteiger partial charge in [-0.25, -0.2) is 4.68 Å². The lowest BCUT2D eigenvalue weighted by Gasteiger charge is -2.03. The van der Waals surface area contributed by atoms with Gasteiger partial charge in [0.15, 0.2) is 0 Å². The van der Waals surface area contributed by atoms with Gasteiger partial charge in [-0.05, 0) is 12.5 Å². The smallest absolute Gasteiger partial charge is 0.122 e. The summed E-state index contributed by atoms with van der Waals surface area (Å²) in [4.78, 5) is 0. The Hall–Kier alpha value is -1.48. The summed E-state index contributed by atoms with van der Waals surface area (Å²) in [6.07, 6.45) is 0. The second-order valence-corrected chi connectivity index (χ2v) is 3.35. The van der Waals surface area contributed by atoms with Crippen molar-refractivity contribution in [2.24, 2.45) is 0 Å². The molecule has 0 unspecified atom stereocenters. The molecule has 1 aromatic carbocycles. The highest BCUT2D eigenvalue weighted by Gasteiger charge is 2.01. The zero-order valence-corrected chi connectivity index (χ0v) is 9.37. The minimum atomic E-state index is 0. The number of hydrogen-bond acceptors (Lipinski definition) is 2.